The average Bonchev–Trinajstić information content (AvgIpc) is 2.49. The maximum atomic E-state index is 9.18. The summed E-state index contributed by atoms with van der Waals surface area (Å²) in [6.07, 6.45) is 4.67. The van der Waals surface area contributed by atoms with Gasteiger partial charge in [-0.2, -0.15) is 0 Å². The van der Waals surface area contributed by atoms with Crippen molar-refractivity contribution < 1.29 is 9.84 Å². The van der Waals surface area contributed by atoms with Crippen LogP contribution in [0.5, 0.6) is 5.75 Å². The molecule has 0 unspecified atom stereocenters. The molecule has 0 aliphatic carbocycles. The highest BCUT2D eigenvalue weighted by Gasteiger charge is 1.95. The van der Waals surface area contributed by atoms with Crippen LogP contribution in [0.2, 0.25) is 0 Å². The molecule has 2 heteroatoms. The smallest absolute Gasteiger partial charge is 0.115 e. The second-order valence-corrected chi connectivity index (χ2v) is 5.02. The zero-order valence-corrected chi connectivity index (χ0v) is 11.8. The summed E-state index contributed by atoms with van der Waals surface area (Å²) in [5.74, 6) is 0.301. The Labute approximate surface area is 121 Å². The Bertz CT molecular complexity index is 477. The third-order valence-electron chi connectivity index (χ3n) is 3.30. The third kappa shape index (κ3) is 5.45. The minimum atomic E-state index is 0.301. The molecule has 106 valence electrons. The highest BCUT2D eigenvalue weighted by Crippen LogP contribution is 2.11. The van der Waals surface area contributed by atoms with E-state index < -0.39 is 0 Å². The number of aryl methyl sites for hydroxylation is 1. The predicted molar refractivity (Wildman–Crippen MR) is 81.8 cm³/mol. The fraction of sp³-hybridized carbons (Fsp3) is 0.333. The van der Waals surface area contributed by atoms with E-state index >= 15 is 0 Å². The molecule has 0 aliphatic rings. The Hall–Kier alpha value is -1.80. The molecule has 0 aliphatic heterocycles. The highest BCUT2D eigenvalue weighted by molar-refractivity contribution is 5.25. The van der Waals surface area contributed by atoms with Crippen LogP contribution in [-0.2, 0) is 17.8 Å². The number of unbranched alkanes of at least 4 members (excludes halogenated alkanes) is 2. The predicted octanol–water partition coefficient (Wildman–Crippen LogP) is 4.32. The molecule has 0 radical (unpaired) electrons. The Morgan fingerprint density at radius 1 is 0.750 bits per heavy atom. The normalized spacial score (nSPS) is 10.6. The Morgan fingerprint density at radius 3 is 2.25 bits per heavy atom. The average molecular weight is 270 g/mol. The van der Waals surface area contributed by atoms with Crippen molar-refractivity contribution in [2.45, 2.75) is 32.3 Å². The van der Waals surface area contributed by atoms with Gasteiger partial charge in [0.25, 0.3) is 0 Å². The Balaban J connectivity index is 1.51. The van der Waals surface area contributed by atoms with Crippen LogP contribution < -0.4 is 0 Å². The zero-order chi connectivity index (χ0) is 14.0. The van der Waals surface area contributed by atoms with Crippen LogP contribution in [0, 0.1) is 0 Å². The van der Waals surface area contributed by atoms with Crippen LogP contribution >= 0.6 is 0 Å². The number of benzene rings is 2. The molecule has 0 aromatic heterocycles. The molecule has 2 aromatic carbocycles. The number of phenols is 1. The van der Waals surface area contributed by atoms with Crippen molar-refractivity contribution in [3.63, 3.8) is 0 Å². The van der Waals surface area contributed by atoms with Gasteiger partial charge in [0, 0.05) is 6.61 Å². The number of aromatic hydroxyl groups is 1. The lowest BCUT2D eigenvalue weighted by Gasteiger charge is -2.05. The molecule has 0 atom stereocenters. The summed E-state index contributed by atoms with van der Waals surface area (Å²) in [4.78, 5) is 0. The van der Waals surface area contributed by atoms with Crippen LogP contribution in [0.1, 0.15) is 30.4 Å². The van der Waals surface area contributed by atoms with E-state index in [1.807, 2.05) is 12.1 Å². The van der Waals surface area contributed by atoms with E-state index in [1.54, 1.807) is 12.1 Å². The first-order valence-electron chi connectivity index (χ1n) is 7.24. The summed E-state index contributed by atoms with van der Waals surface area (Å²) in [5.41, 5.74) is 2.52. The monoisotopic (exact) mass is 270 g/mol. The Morgan fingerprint density at radius 2 is 1.50 bits per heavy atom. The van der Waals surface area contributed by atoms with Crippen molar-refractivity contribution in [3.05, 3.63) is 65.7 Å². The molecule has 0 saturated carbocycles. The molecule has 0 saturated heterocycles. The summed E-state index contributed by atoms with van der Waals surface area (Å²) in [6, 6.07) is 17.8. The summed E-state index contributed by atoms with van der Waals surface area (Å²) in [7, 11) is 0. The van der Waals surface area contributed by atoms with E-state index in [9.17, 15) is 5.11 Å². The van der Waals surface area contributed by atoms with Gasteiger partial charge < -0.3 is 9.84 Å². The highest BCUT2D eigenvalue weighted by atomic mass is 16.5. The minimum Gasteiger partial charge on any atom is -0.508 e. The molecule has 2 nitrogen and oxygen atoms in total. The van der Waals surface area contributed by atoms with Crippen molar-refractivity contribution in [2.75, 3.05) is 6.61 Å². The van der Waals surface area contributed by atoms with Gasteiger partial charge in [0.05, 0.1) is 6.61 Å². The summed E-state index contributed by atoms with van der Waals surface area (Å²) < 4.78 is 5.63. The van der Waals surface area contributed by atoms with Gasteiger partial charge in [-0.25, -0.2) is 0 Å². The molecule has 0 amide bonds. The molecule has 20 heavy (non-hydrogen) atoms. The minimum absolute atomic E-state index is 0.301. The largest absolute Gasteiger partial charge is 0.508 e. The van der Waals surface area contributed by atoms with Gasteiger partial charge in [0.2, 0.25) is 0 Å². The van der Waals surface area contributed by atoms with Crippen molar-refractivity contribution >= 4 is 0 Å². The van der Waals surface area contributed by atoms with Crippen molar-refractivity contribution in [1.29, 1.82) is 0 Å². The van der Waals surface area contributed by atoms with Crippen LogP contribution in [0.4, 0.5) is 0 Å². The first-order valence-corrected chi connectivity index (χ1v) is 7.24. The lowest BCUT2D eigenvalue weighted by atomic mass is 10.1. The molecule has 0 fully saturated rings. The first kappa shape index (κ1) is 14.6. The number of hydrogen-bond donors (Lipinski definition) is 1. The number of rotatable bonds is 8. The van der Waals surface area contributed by atoms with E-state index in [1.165, 1.54) is 18.4 Å². The van der Waals surface area contributed by atoms with Gasteiger partial charge in [-0.15, -0.1) is 0 Å². The maximum Gasteiger partial charge on any atom is 0.115 e. The van der Waals surface area contributed by atoms with Crippen LogP contribution in [0.3, 0.4) is 0 Å². The van der Waals surface area contributed by atoms with Gasteiger partial charge in [0.15, 0.2) is 0 Å². The van der Waals surface area contributed by atoms with Crippen LogP contribution in [-0.4, -0.2) is 11.7 Å². The van der Waals surface area contributed by atoms with E-state index in [0.717, 1.165) is 25.0 Å². The second kappa shape index (κ2) is 8.39. The topological polar surface area (TPSA) is 29.5 Å². The maximum absolute atomic E-state index is 9.18. The second-order valence-electron chi connectivity index (χ2n) is 5.02. The molecule has 0 heterocycles. The van der Waals surface area contributed by atoms with E-state index in [4.69, 9.17) is 4.74 Å². The van der Waals surface area contributed by atoms with Crippen molar-refractivity contribution in [2.24, 2.45) is 0 Å². The standard InChI is InChI=1S/C18H22O2/c19-18-12-10-17(11-13-18)15-20-14-6-2-5-9-16-7-3-1-4-8-16/h1,3-4,7-8,10-13,19H,2,5-6,9,14-15H2. The summed E-state index contributed by atoms with van der Waals surface area (Å²) >= 11 is 0. The summed E-state index contributed by atoms with van der Waals surface area (Å²) in [5, 5.41) is 9.18. The molecule has 0 spiro atoms. The fourth-order valence-corrected chi connectivity index (χ4v) is 2.14. The molecule has 2 rings (SSSR count). The molecule has 2 aromatic rings. The SMILES string of the molecule is Oc1ccc(COCCCCCc2ccccc2)cc1. The number of ether oxygens (including phenoxy) is 1. The first-order chi connectivity index (χ1) is 9.84. The van der Waals surface area contributed by atoms with Crippen LogP contribution in [0.15, 0.2) is 54.6 Å². The van der Waals surface area contributed by atoms with Gasteiger partial charge in [0.1, 0.15) is 5.75 Å². The number of phenolic OH excluding ortho intramolecular Hbond substituents is 1. The lowest BCUT2D eigenvalue weighted by Crippen LogP contribution is -1.96. The molecular formula is C18H22O2. The Kier molecular flexibility index (Phi) is 6.12. The third-order valence-corrected chi connectivity index (χ3v) is 3.30. The zero-order valence-electron chi connectivity index (χ0n) is 11.8. The van der Waals surface area contributed by atoms with Crippen LogP contribution in [0.25, 0.3) is 0 Å². The lowest BCUT2D eigenvalue weighted by molar-refractivity contribution is 0.117. The van der Waals surface area contributed by atoms with Gasteiger partial charge in [-0.1, -0.05) is 48.9 Å². The van der Waals surface area contributed by atoms with Gasteiger partial charge >= 0.3 is 0 Å². The van der Waals surface area contributed by atoms with E-state index in [2.05, 4.69) is 30.3 Å². The van der Waals surface area contributed by atoms with Gasteiger partial charge in [-0.05, 0) is 42.5 Å². The van der Waals surface area contributed by atoms with Crippen molar-refractivity contribution in [1.82, 2.24) is 0 Å². The molecule has 1 N–H and O–H groups in total. The number of hydrogen-bond acceptors (Lipinski definition) is 2. The van der Waals surface area contributed by atoms with E-state index in [0.29, 0.717) is 12.4 Å². The van der Waals surface area contributed by atoms with E-state index in [-0.39, 0.29) is 0 Å². The van der Waals surface area contributed by atoms with Crippen molar-refractivity contribution in [3.8, 4) is 5.75 Å². The molecular weight excluding hydrogens is 248 g/mol. The van der Waals surface area contributed by atoms with Gasteiger partial charge in [-0.3, -0.25) is 0 Å². The quantitative estimate of drug-likeness (QED) is 0.724. The fourth-order valence-electron chi connectivity index (χ4n) is 2.14. The molecule has 0 bridgehead atoms. The summed E-state index contributed by atoms with van der Waals surface area (Å²) in [6.45, 7) is 1.43.